The third-order valence-corrected chi connectivity index (χ3v) is 4.55. The van der Waals surface area contributed by atoms with Crippen LogP contribution in [0.2, 0.25) is 0 Å². The number of hydrogen-bond acceptors (Lipinski definition) is 5. The number of aliphatic hydroxyl groups is 1. The molecular formula is C16H20N2O3S. The van der Waals surface area contributed by atoms with Crippen LogP contribution in [0.4, 0.5) is 0 Å². The van der Waals surface area contributed by atoms with Crippen LogP contribution in [0.3, 0.4) is 0 Å². The molecule has 1 aromatic heterocycles. The highest BCUT2D eigenvalue weighted by Crippen LogP contribution is 2.29. The summed E-state index contributed by atoms with van der Waals surface area (Å²) >= 11 is 1.59. The van der Waals surface area contributed by atoms with Gasteiger partial charge in [-0.15, -0.1) is 11.8 Å². The van der Waals surface area contributed by atoms with Crippen LogP contribution in [0.25, 0.3) is 0 Å². The van der Waals surface area contributed by atoms with Crippen molar-refractivity contribution in [3.05, 3.63) is 46.8 Å². The molecule has 0 spiro atoms. The van der Waals surface area contributed by atoms with E-state index in [1.807, 2.05) is 38.1 Å². The van der Waals surface area contributed by atoms with Crippen LogP contribution in [-0.4, -0.2) is 41.3 Å². The van der Waals surface area contributed by atoms with Crippen LogP contribution in [0.5, 0.6) is 0 Å². The Bertz CT molecular complexity index is 635. The van der Waals surface area contributed by atoms with Crippen molar-refractivity contribution in [1.29, 1.82) is 0 Å². The number of aliphatic hydroxyl groups excluding tert-OH is 1. The highest BCUT2D eigenvalue weighted by molar-refractivity contribution is 7.98. The van der Waals surface area contributed by atoms with E-state index in [-0.39, 0.29) is 12.5 Å². The summed E-state index contributed by atoms with van der Waals surface area (Å²) in [7, 11) is 1.69. The zero-order valence-electron chi connectivity index (χ0n) is 13.0. The molecule has 1 N–H and O–H groups in total. The maximum Gasteiger partial charge on any atom is 0.254 e. The quantitative estimate of drug-likeness (QED) is 0.829. The van der Waals surface area contributed by atoms with Crippen LogP contribution >= 0.6 is 11.8 Å². The van der Waals surface area contributed by atoms with E-state index in [2.05, 4.69) is 5.16 Å². The van der Waals surface area contributed by atoms with Gasteiger partial charge in [0.05, 0.1) is 17.9 Å². The Morgan fingerprint density at radius 3 is 2.73 bits per heavy atom. The van der Waals surface area contributed by atoms with E-state index < -0.39 is 0 Å². The van der Waals surface area contributed by atoms with Crippen LogP contribution in [-0.2, 0) is 5.75 Å². The first-order chi connectivity index (χ1) is 10.5. The molecule has 118 valence electrons. The monoisotopic (exact) mass is 320 g/mol. The summed E-state index contributed by atoms with van der Waals surface area (Å²) in [5, 5.41) is 12.9. The molecule has 0 aliphatic carbocycles. The van der Waals surface area contributed by atoms with Gasteiger partial charge in [-0.3, -0.25) is 4.79 Å². The third kappa shape index (κ3) is 3.69. The number of rotatable bonds is 6. The van der Waals surface area contributed by atoms with E-state index in [0.717, 1.165) is 21.9 Å². The Morgan fingerprint density at radius 1 is 1.36 bits per heavy atom. The molecule has 1 aromatic carbocycles. The summed E-state index contributed by atoms with van der Waals surface area (Å²) < 4.78 is 5.17. The largest absolute Gasteiger partial charge is 0.395 e. The second kappa shape index (κ2) is 7.47. The normalized spacial score (nSPS) is 10.7. The van der Waals surface area contributed by atoms with Crippen molar-refractivity contribution in [2.75, 3.05) is 20.2 Å². The third-order valence-electron chi connectivity index (χ3n) is 3.45. The number of thioether (sulfide) groups is 1. The highest BCUT2D eigenvalue weighted by atomic mass is 32.2. The summed E-state index contributed by atoms with van der Waals surface area (Å²) in [4.78, 5) is 14.9. The molecule has 0 aliphatic heterocycles. The lowest BCUT2D eigenvalue weighted by Gasteiger charge is -2.17. The SMILES string of the molecule is Cc1noc(C)c1CSc1ccccc1C(=O)N(C)CCO. The number of nitrogens with zero attached hydrogens (tertiary/aromatic N) is 2. The number of amides is 1. The number of aromatic nitrogens is 1. The lowest BCUT2D eigenvalue weighted by molar-refractivity contribution is 0.0763. The van der Waals surface area contributed by atoms with Crippen molar-refractivity contribution < 1.29 is 14.4 Å². The van der Waals surface area contributed by atoms with Gasteiger partial charge in [0, 0.05) is 29.8 Å². The first-order valence-corrected chi connectivity index (χ1v) is 8.03. The first-order valence-electron chi connectivity index (χ1n) is 7.04. The van der Waals surface area contributed by atoms with Gasteiger partial charge in [-0.1, -0.05) is 17.3 Å². The molecule has 5 nitrogen and oxygen atoms in total. The van der Waals surface area contributed by atoms with Crippen LogP contribution in [0.1, 0.15) is 27.4 Å². The fourth-order valence-corrected chi connectivity index (χ4v) is 3.28. The molecule has 0 aliphatic rings. The molecule has 0 bridgehead atoms. The van der Waals surface area contributed by atoms with Gasteiger partial charge in [-0.05, 0) is 26.0 Å². The molecule has 0 fully saturated rings. The van der Waals surface area contributed by atoms with E-state index in [1.54, 1.807) is 18.8 Å². The Balaban J connectivity index is 2.17. The molecule has 1 heterocycles. The van der Waals surface area contributed by atoms with E-state index in [9.17, 15) is 4.79 Å². The number of aryl methyl sites for hydroxylation is 2. The fourth-order valence-electron chi connectivity index (χ4n) is 2.08. The standard InChI is InChI=1S/C16H20N2O3S/c1-11-14(12(2)21-17-11)10-22-15-7-5-4-6-13(15)16(20)18(3)8-9-19/h4-7,19H,8-10H2,1-3H3. The van der Waals surface area contributed by atoms with Gasteiger partial charge in [0.2, 0.25) is 0 Å². The van der Waals surface area contributed by atoms with Gasteiger partial charge < -0.3 is 14.5 Å². The number of likely N-dealkylation sites (N-methyl/N-ethyl adjacent to an activating group) is 1. The van der Waals surface area contributed by atoms with Gasteiger partial charge in [-0.25, -0.2) is 0 Å². The van der Waals surface area contributed by atoms with Crippen molar-refractivity contribution in [2.24, 2.45) is 0 Å². The maximum absolute atomic E-state index is 12.4. The zero-order valence-corrected chi connectivity index (χ0v) is 13.8. The first kappa shape index (κ1) is 16.6. The molecule has 6 heteroatoms. The second-order valence-electron chi connectivity index (χ2n) is 5.04. The molecule has 0 saturated heterocycles. The van der Waals surface area contributed by atoms with Crippen molar-refractivity contribution in [3.8, 4) is 0 Å². The lowest BCUT2D eigenvalue weighted by Crippen LogP contribution is -2.29. The highest BCUT2D eigenvalue weighted by Gasteiger charge is 2.16. The average Bonchev–Trinajstić information content (AvgIpc) is 2.84. The average molecular weight is 320 g/mol. The van der Waals surface area contributed by atoms with Crippen LogP contribution in [0.15, 0.2) is 33.7 Å². The minimum Gasteiger partial charge on any atom is -0.395 e. The molecule has 22 heavy (non-hydrogen) atoms. The van der Waals surface area contributed by atoms with E-state index in [0.29, 0.717) is 17.9 Å². The molecule has 1 amide bonds. The predicted octanol–water partition coefficient (Wildman–Crippen LogP) is 2.65. The Hall–Kier alpha value is -1.79. The van der Waals surface area contributed by atoms with Gasteiger partial charge in [0.25, 0.3) is 5.91 Å². The van der Waals surface area contributed by atoms with Crippen LogP contribution < -0.4 is 0 Å². The number of carbonyl (C=O) groups excluding carboxylic acids is 1. The summed E-state index contributed by atoms with van der Waals surface area (Å²) in [6.07, 6.45) is 0. The minimum atomic E-state index is -0.0871. The Morgan fingerprint density at radius 2 is 2.09 bits per heavy atom. The van der Waals surface area contributed by atoms with E-state index in [1.165, 1.54) is 4.90 Å². The summed E-state index contributed by atoms with van der Waals surface area (Å²) in [5.74, 6) is 1.43. The van der Waals surface area contributed by atoms with Gasteiger partial charge in [0.15, 0.2) is 0 Å². The van der Waals surface area contributed by atoms with Crippen LogP contribution in [0, 0.1) is 13.8 Å². The molecule has 2 aromatic rings. The van der Waals surface area contributed by atoms with Gasteiger partial charge in [-0.2, -0.15) is 0 Å². The molecule has 0 atom stereocenters. The molecule has 0 unspecified atom stereocenters. The van der Waals surface area contributed by atoms with Crippen molar-refractivity contribution in [3.63, 3.8) is 0 Å². The maximum atomic E-state index is 12.4. The van der Waals surface area contributed by atoms with E-state index >= 15 is 0 Å². The molecular weight excluding hydrogens is 300 g/mol. The molecule has 0 radical (unpaired) electrons. The van der Waals surface area contributed by atoms with Crippen molar-refractivity contribution in [2.45, 2.75) is 24.5 Å². The lowest BCUT2D eigenvalue weighted by atomic mass is 10.2. The second-order valence-corrected chi connectivity index (χ2v) is 6.06. The number of carbonyl (C=O) groups is 1. The van der Waals surface area contributed by atoms with Gasteiger partial charge >= 0.3 is 0 Å². The fraction of sp³-hybridized carbons (Fsp3) is 0.375. The minimum absolute atomic E-state index is 0.0450. The summed E-state index contributed by atoms with van der Waals surface area (Å²) in [6, 6.07) is 7.51. The number of benzene rings is 1. The predicted molar refractivity (Wildman–Crippen MR) is 86.0 cm³/mol. The van der Waals surface area contributed by atoms with E-state index in [4.69, 9.17) is 9.63 Å². The summed E-state index contributed by atoms with van der Waals surface area (Å²) in [5.41, 5.74) is 2.59. The van der Waals surface area contributed by atoms with Crippen molar-refractivity contribution >= 4 is 17.7 Å². The molecule has 2 rings (SSSR count). The number of hydrogen-bond donors (Lipinski definition) is 1. The smallest absolute Gasteiger partial charge is 0.254 e. The topological polar surface area (TPSA) is 66.6 Å². The molecule has 0 saturated carbocycles. The summed E-state index contributed by atoms with van der Waals surface area (Å²) in [6.45, 7) is 4.08. The zero-order chi connectivity index (χ0) is 16.1. The Kier molecular flexibility index (Phi) is 5.63. The van der Waals surface area contributed by atoms with Crippen molar-refractivity contribution in [1.82, 2.24) is 10.1 Å². The Labute approximate surface area is 134 Å². The van der Waals surface area contributed by atoms with Gasteiger partial charge in [0.1, 0.15) is 5.76 Å².